The largest absolute Gasteiger partial charge is 0.469 e. The molecule has 0 radical (unpaired) electrons. The number of ether oxygens (including phenoxy) is 1. The molecule has 0 aliphatic rings. The predicted molar refractivity (Wildman–Crippen MR) is 75.2 cm³/mol. The van der Waals surface area contributed by atoms with Crippen LogP contribution < -0.4 is 5.32 Å². The van der Waals surface area contributed by atoms with Crippen LogP contribution in [0, 0.1) is 11.6 Å². The van der Waals surface area contributed by atoms with E-state index in [9.17, 15) is 13.6 Å². The van der Waals surface area contributed by atoms with Crippen LogP contribution in [0.15, 0.2) is 22.0 Å². The molecule has 0 spiro atoms. The van der Waals surface area contributed by atoms with Crippen molar-refractivity contribution in [3.63, 3.8) is 0 Å². The Morgan fingerprint density at radius 1 is 1.45 bits per heavy atom. The number of nitrogens with one attached hydrogen (secondary N) is 1. The van der Waals surface area contributed by atoms with E-state index >= 15 is 0 Å². The highest BCUT2D eigenvalue weighted by Crippen LogP contribution is 2.28. The molecule has 0 saturated carbocycles. The van der Waals surface area contributed by atoms with Crippen LogP contribution in [-0.2, 0) is 16.0 Å². The maximum absolute atomic E-state index is 13.6. The third-order valence-corrected chi connectivity index (χ3v) is 3.61. The van der Waals surface area contributed by atoms with Gasteiger partial charge in [-0.1, -0.05) is 15.9 Å². The molecule has 0 fully saturated rings. The molecule has 0 unspecified atom stereocenters. The fraction of sp³-hybridized carbons (Fsp3) is 0.167. The lowest BCUT2D eigenvalue weighted by atomic mass is 10.3. The maximum atomic E-state index is 13.6. The van der Waals surface area contributed by atoms with Crippen molar-refractivity contribution in [1.29, 1.82) is 0 Å². The number of aromatic nitrogens is 1. The van der Waals surface area contributed by atoms with Crippen LogP contribution in [0.5, 0.6) is 0 Å². The van der Waals surface area contributed by atoms with Gasteiger partial charge in [0.1, 0.15) is 5.69 Å². The summed E-state index contributed by atoms with van der Waals surface area (Å²) < 4.78 is 32.1. The Kier molecular flexibility index (Phi) is 4.66. The number of carbonyl (C=O) groups is 1. The lowest BCUT2D eigenvalue weighted by Gasteiger charge is -2.06. The summed E-state index contributed by atoms with van der Waals surface area (Å²) in [7, 11) is 1.28. The maximum Gasteiger partial charge on any atom is 0.311 e. The molecule has 0 aliphatic heterocycles. The molecule has 0 bridgehead atoms. The molecule has 8 heteroatoms. The first kappa shape index (κ1) is 14.9. The van der Waals surface area contributed by atoms with Crippen LogP contribution in [0.3, 0.4) is 0 Å². The second-order valence-electron chi connectivity index (χ2n) is 3.77. The van der Waals surface area contributed by atoms with Crippen molar-refractivity contribution >= 4 is 44.1 Å². The monoisotopic (exact) mass is 362 g/mol. The molecule has 20 heavy (non-hydrogen) atoms. The van der Waals surface area contributed by atoms with Gasteiger partial charge in [-0.2, -0.15) is 0 Å². The van der Waals surface area contributed by atoms with Crippen molar-refractivity contribution in [3.05, 3.63) is 39.3 Å². The van der Waals surface area contributed by atoms with E-state index in [1.807, 2.05) is 0 Å². The lowest BCUT2D eigenvalue weighted by Crippen LogP contribution is -2.05. The lowest BCUT2D eigenvalue weighted by molar-refractivity contribution is -0.139. The highest BCUT2D eigenvalue weighted by Gasteiger charge is 2.13. The number of hydrogen-bond donors (Lipinski definition) is 1. The summed E-state index contributed by atoms with van der Waals surface area (Å²) in [5.74, 6) is -1.90. The fourth-order valence-corrected chi connectivity index (χ4v) is 2.55. The minimum Gasteiger partial charge on any atom is -0.469 e. The first-order valence-electron chi connectivity index (χ1n) is 5.42. The Bertz CT molecular complexity index is 625. The Morgan fingerprint density at radius 2 is 2.10 bits per heavy atom. The van der Waals surface area contributed by atoms with Gasteiger partial charge in [0.2, 0.25) is 0 Å². The number of esters is 1. The van der Waals surface area contributed by atoms with E-state index < -0.39 is 17.6 Å². The van der Waals surface area contributed by atoms with Crippen LogP contribution in [0.2, 0.25) is 0 Å². The molecule has 2 rings (SSSR count). The third kappa shape index (κ3) is 3.51. The Morgan fingerprint density at radius 3 is 2.70 bits per heavy atom. The number of methoxy groups -OCH3 is 1. The van der Waals surface area contributed by atoms with E-state index in [-0.39, 0.29) is 12.1 Å². The number of nitrogens with zero attached hydrogens (tertiary/aromatic N) is 1. The van der Waals surface area contributed by atoms with Crippen molar-refractivity contribution in [2.45, 2.75) is 6.42 Å². The van der Waals surface area contributed by atoms with E-state index in [0.29, 0.717) is 15.3 Å². The molecule has 0 aliphatic carbocycles. The van der Waals surface area contributed by atoms with Crippen LogP contribution in [0.1, 0.15) is 5.69 Å². The molecule has 1 N–H and O–H groups in total. The highest BCUT2D eigenvalue weighted by molar-refractivity contribution is 9.10. The first-order chi connectivity index (χ1) is 9.49. The van der Waals surface area contributed by atoms with Crippen molar-refractivity contribution in [3.8, 4) is 0 Å². The average molecular weight is 363 g/mol. The fourth-order valence-electron chi connectivity index (χ4n) is 1.43. The number of thiazole rings is 1. The van der Waals surface area contributed by atoms with Crippen molar-refractivity contribution in [1.82, 2.24) is 4.98 Å². The number of rotatable bonds is 4. The zero-order chi connectivity index (χ0) is 14.7. The number of halogens is 3. The van der Waals surface area contributed by atoms with Gasteiger partial charge in [-0.25, -0.2) is 13.8 Å². The molecule has 0 saturated heterocycles. The number of benzene rings is 1. The zero-order valence-electron chi connectivity index (χ0n) is 10.2. The second-order valence-corrected chi connectivity index (χ2v) is 5.54. The first-order valence-corrected chi connectivity index (χ1v) is 7.09. The van der Waals surface area contributed by atoms with E-state index in [1.165, 1.54) is 7.11 Å². The van der Waals surface area contributed by atoms with Crippen molar-refractivity contribution < 1.29 is 18.3 Å². The van der Waals surface area contributed by atoms with Crippen LogP contribution in [0.25, 0.3) is 0 Å². The number of hydrogen-bond acceptors (Lipinski definition) is 5. The predicted octanol–water partition coefficient (Wildman–Crippen LogP) is 3.64. The van der Waals surface area contributed by atoms with Gasteiger partial charge in [0.05, 0.1) is 19.2 Å². The minimum atomic E-state index is -0.735. The Hall–Kier alpha value is -1.54. The summed E-state index contributed by atoms with van der Waals surface area (Å²) in [5, 5.41) is 4.48. The molecule has 106 valence electrons. The van der Waals surface area contributed by atoms with Gasteiger partial charge in [-0.15, -0.1) is 11.3 Å². The van der Waals surface area contributed by atoms with Crippen LogP contribution >= 0.6 is 27.3 Å². The molecule has 0 amide bonds. The molecule has 4 nitrogen and oxygen atoms in total. The summed E-state index contributed by atoms with van der Waals surface area (Å²) in [5.41, 5.74) is 0.189. The number of carbonyl (C=O) groups excluding carboxylic acids is 1. The molecule has 2 aromatic rings. The van der Waals surface area contributed by atoms with Crippen LogP contribution in [0.4, 0.5) is 19.6 Å². The van der Waals surface area contributed by atoms with Crippen molar-refractivity contribution in [2.24, 2.45) is 0 Å². The highest BCUT2D eigenvalue weighted by atomic mass is 79.9. The zero-order valence-corrected chi connectivity index (χ0v) is 12.6. The third-order valence-electron chi connectivity index (χ3n) is 2.34. The summed E-state index contributed by atoms with van der Waals surface area (Å²) in [6.07, 6.45) is 0.0139. The average Bonchev–Trinajstić information content (AvgIpc) is 2.81. The van der Waals surface area contributed by atoms with E-state index in [1.54, 1.807) is 5.38 Å². The molecule has 1 aromatic heterocycles. The second kappa shape index (κ2) is 6.27. The Labute approximate surface area is 125 Å². The van der Waals surface area contributed by atoms with Gasteiger partial charge < -0.3 is 10.1 Å². The van der Waals surface area contributed by atoms with Gasteiger partial charge in [-0.05, 0) is 12.1 Å². The van der Waals surface area contributed by atoms with E-state index in [0.717, 1.165) is 23.5 Å². The molecular formula is C12H9BrF2N2O2S. The number of anilines is 2. The quantitative estimate of drug-likeness (QED) is 0.843. The standard InChI is InChI=1S/C12H9BrF2N2O2S/c1-19-10(18)4-7-5-20-12(16-7)17-11-8(14)2-6(13)3-9(11)15/h2-3,5H,4H2,1H3,(H,16,17). The SMILES string of the molecule is COC(=O)Cc1csc(Nc2c(F)cc(Br)cc2F)n1. The molecule has 1 aromatic carbocycles. The Balaban J connectivity index is 2.17. The van der Waals surface area contributed by atoms with Crippen LogP contribution in [-0.4, -0.2) is 18.1 Å². The van der Waals surface area contributed by atoms with Gasteiger partial charge in [-0.3, -0.25) is 4.79 Å². The topological polar surface area (TPSA) is 51.2 Å². The molecule has 0 atom stereocenters. The smallest absolute Gasteiger partial charge is 0.311 e. The van der Waals surface area contributed by atoms with Gasteiger partial charge in [0.25, 0.3) is 0 Å². The van der Waals surface area contributed by atoms with E-state index in [2.05, 4.69) is 31.0 Å². The summed E-state index contributed by atoms with van der Waals surface area (Å²) in [6.45, 7) is 0. The minimum absolute atomic E-state index is 0.0139. The van der Waals surface area contributed by atoms with Gasteiger partial charge >= 0.3 is 5.97 Å². The normalized spacial score (nSPS) is 10.4. The van der Waals surface area contributed by atoms with E-state index in [4.69, 9.17) is 0 Å². The molecule has 1 heterocycles. The summed E-state index contributed by atoms with van der Waals surface area (Å²) >= 11 is 4.14. The summed E-state index contributed by atoms with van der Waals surface area (Å²) in [6, 6.07) is 2.29. The van der Waals surface area contributed by atoms with Gasteiger partial charge in [0, 0.05) is 9.85 Å². The van der Waals surface area contributed by atoms with Crippen molar-refractivity contribution in [2.75, 3.05) is 12.4 Å². The summed E-state index contributed by atoms with van der Waals surface area (Å²) in [4.78, 5) is 15.2. The molecular weight excluding hydrogens is 354 g/mol. The van der Waals surface area contributed by atoms with Gasteiger partial charge in [0.15, 0.2) is 16.8 Å².